The Kier molecular flexibility index (Phi) is 4.37. The van der Waals surface area contributed by atoms with Gasteiger partial charge in [-0.25, -0.2) is 4.79 Å². The standard InChI is InChI=1S/C21H21NO4/c1-25-21(24)14-7-8-15-17(11-14)22-20(16-9-10-26-18(16)12-23)19(15)13-5-3-2-4-6-13/h7-13,22H,2-6H2,1H3. The second-order valence-electron chi connectivity index (χ2n) is 6.82. The Morgan fingerprint density at radius 1 is 1.23 bits per heavy atom. The number of methoxy groups -OCH3 is 1. The Bertz CT molecular complexity index is 960. The molecule has 134 valence electrons. The first-order valence-electron chi connectivity index (χ1n) is 9.00. The van der Waals surface area contributed by atoms with Crippen molar-refractivity contribution in [2.75, 3.05) is 7.11 Å². The minimum Gasteiger partial charge on any atom is -0.465 e. The molecule has 3 aromatic rings. The molecule has 1 N–H and O–H groups in total. The monoisotopic (exact) mass is 351 g/mol. The Balaban J connectivity index is 1.93. The van der Waals surface area contributed by atoms with Gasteiger partial charge in [0.1, 0.15) is 0 Å². The molecule has 26 heavy (non-hydrogen) atoms. The van der Waals surface area contributed by atoms with E-state index in [0.29, 0.717) is 17.2 Å². The molecule has 1 aliphatic rings. The van der Waals surface area contributed by atoms with Gasteiger partial charge in [0.25, 0.3) is 0 Å². The van der Waals surface area contributed by atoms with E-state index < -0.39 is 0 Å². The van der Waals surface area contributed by atoms with E-state index in [0.717, 1.165) is 41.3 Å². The Morgan fingerprint density at radius 3 is 2.77 bits per heavy atom. The first-order chi connectivity index (χ1) is 12.7. The van der Waals surface area contributed by atoms with Crippen LogP contribution in [-0.4, -0.2) is 24.3 Å². The van der Waals surface area contributed by atoms with Crippen LogP contribution >= 0.6 is 0 Å². The van der Waals surface area contributed by atoms with Crippen molar-refractivity contribution in [3.63, 3.8) is 0 Å². The summed E-state index contributed by atoms with van der Waals surface area (Å²) in [5, 5.41) is 1.10. The number of nitrogens with one attached hydrogen (secondary N) is 1. The Hall–Kier alpha value is -2.82. The third kappa shape index (κ3) is 2.73. The second kappa shape index (κ2) is 6.83. The fraction of sp³-hybridized carbons (Fsp3) is 0.333. The Morgan fingerprint density at radius 2 is 2.04 bits per heavy atom. The van der Waals surface area contributed by atoms with Crippen molar-refractivity contribution in [1.82, 2.24) is 4.98 Å². The average Bonchev–Trinajstić information content (AvgIpc) is 3.31. The number of rotatable bonds is 4. The van der Waals surface area contributed by atoms with Gasteiger partial charge in [0.15, 0.2) is 12.0 Å². The molecule has 0 saturated heterocycles. The molecule has 0 unspecified atom stereocenters. The Labute approximate surface area is 151 Å². The lowest BCUT2D eigenvalue weighted by molar-refractivity contribution is 0.0601. The number of ether oxygens (including phenoxy) is 1. The van der Waals surface area contributed by atoms with Crippen LogP contribution in [0.5, 0.6) is 0 Å². The molecular formula is C21H21NO4. The van der Waals surface area contributed by atoms with Crippen LogP contribution in [0.25, 0.3) is 22.2 Å². The smallest absolute Gasteiger partial charge is 0.337 e. The summed E-state index contributed by atoms with van der Waals surface area (Å²) in [6.45, 7) is 0. The van der Waals surface area contributed by atoms with Gasteiger partial charge in [0.2, 0.25) is 0 Å². The van der Waals surface area contributed by atoms with E-state index in [2.05, 4.69) is 4.98 Å². The third-order valence-electron chi connectivity index (χ3n) is 5.34. The summed E-state index contributed by atoms with van der Waals surface area (Å²) in [4.78, 5) is 26.7. The molecule has 1 aromatic carbocycles. The van der Waals surface area contributed by atoms with Crippen molar-refractivity contribution < 1.29 is 18.7 Å². The normalized spacial score (nSPS) is 15.3. The molecule has 0 bridgehead atoms. The van der Waals surface area contributed by atoms with E-state index in [9.17, 15) is 9.59 Å². The molecule has 2 aromatic heterocycles. The lowest BCUT2D eigenvalue weighted by Crippen LogP contribution is -2.05. The predicted molar refractivity (Wildman–Crippen MR) is 98.6 cm³/mol. The SMILES string of the molecule is COC(=O)c1ccc2c(C3CCCCC3)c(-c3ccoc3C=O)[nH]c2c1. The number of hydrogen-bond acceptors (Lipinski definition) is 4. The molecule has 0 spiro atoms. The van der Waals surface area contributed by atoms with Gasteiger partial charge in [-0.1, -0.05) is 25.3 Å². The number of aldehydes is 1. The summed E-state index contributed by atoms with van der Waals surface area (Å²) in [5.41, 5.74) is 4.30. The summed E-state index contributed by atoms with van der Waals surface area (Å²) >= 11 is 0. The zero-order chi connectivity index (χ0) is 18.1. The minimum absolute atomic E-state index is 0.321. The molecular weight excluding hydrogens is 330 g/mol. The van der Waals surface area contributed by atoms with Crippen LogP contribution in [-0.2, 0) is 4.74 Å². The van der Waals surface area contributed by atoms with E-state index in [1.807, 2.05) is 18.2 Å². The summed E-state index contributed by atoms with van der Waals surface area (Å²) in [5.74, 6) is 0.395. The molecule has 1 aliphatic carbocycles. The number of esters is 1. The first kappa shape index (κ1) is 16.6. The van der Waals surface area contributed by atoms with Gasteiger partial charge in [-0.2, -0.15) is 0 Å². The van der Waals surface area contributed by atoms with Crippen LogP contribution in [0, 0.1) is 0 Å². The summed E-state index contributed by atoms with van der Waals surface area (Å²) in [6.07, 6.45) is 8.23. The molecule has 5 heteroatoms. The van der Waals surface area contributed by atoms with E-state index >= 15 is 0 Å². The molecule has 2 heterocycles. The number of furan rings is 1. The number of benzene rings is 1. The van der Waals surface area contributed by atoms with Crippen molar-refractivity contribution in [3.05, 3.63) is 47.4 Å². The quantitative estimate of drug-likeness (QED) is 0.526. The van der Waals surface area contributed by atoms with E-state index in [1.54, 1.807) is 6.07 Å². The lowest BCUT2D eigenvalue weighted by Gasteiger charge is -2.22. The maximum atomic E-state index is 11.9. The van der Waals surface area contributed by atoms with Crippen LogP contribution in [0.15, 0.2) is 34.9 Å². The van der Waals surface area contributed by atoms with Crippen LogP contribution in [0.4, 0.5) is 0 Å². The van der Waals surface area contributed by atoms with Gasteiger partial charge in [0.05, 0.1) is 24.6 Å². The molecule has 5 nitrogen and oxygen atoms in total. The van der Waals surface area contributed by atoms with Crippen LogP contribution in [0.2, 0.25) is 0 Å². The third-order valence-corrected chi connectivity index (χ3v) is 5.34. The second-order valence-corrected chi connectivity index (χ2v) is 6.82. The molecule has 4 rings (SSSR count). The predicted octanol–water partition coefficient (Wildman–Crippen LogP) is 5.07. The maximum absolute atomic E-state index is 11.9. The lowest BCUT2D eigenvalue weighted by atomic mass is 9.82. The van der Waals surface area contributed by atoms with E-state index in [1.165, 1.54) is 38.2 Å². The number of fused-ring (bicyclic) bond motifs is 1. The summed E-state index contributed by atoms with van der Waals surface area (Å²) in [6, 6.07) is 7.42. The van der Waals surface area contributed by atoms with Crippen LogP contribution in [0.3, 0.4) is 0 Å². The number of aromatic amines is 1. The van der Waals surface area contributed by atoms with Crippen molar-refractivity contribution in [3.8, 4) is 11.3 Å². The molecule has 0 amide bonds. The highest BCUT2D eigenvalue weighted by atomic mass is 16.5. The number of H-pyrrole nitrogens is 1. The van der Waals surface area contributed by atoms with Crippen molar-refractivity contribution in [2.45, 2.75) is 38.0 Å². The molecule has 1 fully saturated rings. The topological polar surface area (TPSA) is 72.3 Å². The largest absolute Gasteiger partial charge is 0.465 e. The highest BCUT2D eigenvalue weighted by Crippen LogP contribution is 2.43. The first-order valence-corrected chi connectivity index (χ1v) is 9.00. The van der Waals surface area contributed by atoms with Gasteiger partial charge in [-0.15, -0.1) is 0 Å². The molecule has 1 saturated carbocycles. The zero-order valence-electron chi connectivity index (χ0n) is 14.7. The van der Waals surface area contributed by atoms with Gasteiger partial charge >= 0.3 is 5.97 Å². The van der Waals surface area contributed by atoms with Gasteiger partial charge < -0.3 is 14.1 Å². The van der Waals surface area contributed by atoms with Gasteiger partial charge in [0, 0.05) is 16.5 Å². The van der Waals surface area contributed by atoms with E-state index in [4.69, 9.17) is 9.15 Å². The number of carbonyl (C=O) groups is 2. The molecule has 0 radical (unpaired) electrons. The average molecular weight is 351 g/mol. The van der Waals surface area contributed by atoms with Crippen LogP contribution in [0.1, 0.15) is 64.5 Å². The highest BCUT2D eigenvalue weighted by Gasteiger charge is 2.26. The van der Waals surface area contributed by atoms with E-state index in [-0.39, 0.29) is 5.97 Å². The fourth-order valence-electron chi connectivity index (χ4n) is 4.11. The van der Waals surface area contributed by atoms with Crippen molar-refractivity contribution >= 4 is 23.2 Å². The van der Waals surface area contributed by atoms with Gasteiger partial charge in [-0.05, 0) is 42.5 Å². The fourth-order valence-corrected chi connectivity index (χ4v) is 4.11. The minimum atomic E-state index is -0.362. The zero-order valence-corrected chi connectivity index (χ0v) is 14.7. The van der Waals surface area contributed by atoms with Crippen molar-refractivity contribution in [1.29, 1.82) is 0 Å². The van der Waals surface area contributed by atoms with Gasteiger partial charge in [-0.3, -0.25) is 4.79 Å². The maximum Gasteiger partial charge on any atom is 0.337 e. The summed E-state index contributed by atoms with van der Waals surface area (Å²) in [7, 11) is 1.38. The number of carbonyl (C=O) groups excluding carboxylic acids is 2. The van der Waals surface area contributed by atoms with Crippen molar-refractivity contribution in [2.24, 2.45) is 0 Å². The number of aromatic nitrogens is 1. The molecule has 0 atom stereocenters. The molecule has 0 aliphatic heterocycles. The number of hydrogen-bond donors (Lipinski definition) is 1. The summed E-state index contributed by atoms with van der Waals surface area (Å²) < 4.78 is 10.2. The highest BCUT2D eigenvalue weighted by molar-refractivity contribution is 5.99. The van der Waals surface area contributed by atoms with Crippen LogP contribution < -0.4 is 0 Å².